The van der Waals surface area contributed by atoms with Crippen LogP contribution in [0.1, 0.15) is 6.92 Å². The molecule has 0 amide bonds. The Labute approximate surface area is 87.0 Å². The third kappa shape index (κ3) is 1.54. The van der Waals surface area contributed by atoms with Gasteiger partial charge in [0.25, 0.3) is 0 Å². The molecule has 5 nitrogen and oxygen atoms in total. The third-order valence-electron chi connectivity index (χ3n) is 2.64. The molecule has 0 radical (unpaired) electrons. The molecule has 0 N–H and O–H groups in total. The number of methoxy groups -OCH3 is 2. The summed E-state index contributed by atoms with van der Waals surface area (Å²) in [6, 6.07) is 0. The van der Waals surface area contributed by atoms with E-state index in [9.17, 15) is 14.4 Å². The van der Waals surface area contributed by atoms with Crippen LogP contribution in [0, 0.1) is 11.3 Å². The van der Waals surface area contributed by atoms with E-state index in [0.29, 0.717) is 0 Å². The first kappa shape index (κ1) is 11.4. The molecule has 0 saturated carbocycles. The molecule has 1 aliphatic rings. The zero-order valence-corrected chi connectivity index (χ0v) is 8.77. The standard InChI is InChI=1S/C10H12O5/c1-10(9(13)15-3)6(8(12)14-2)4-5-7(10)11/h4-6H,1-3H3. The van der Waals surface area contributed by atoms with Crippen LogP contribution in [0.25, 0.3) is 0 Å². The summed E-state index contributed by atoms with van der Waals surface area (Å²) < 4.78 is 9.05. The molecule has 0 spiro atoms. The monoisotopic (exact) mass is 212 g/mol. The first-order valence-corrected chi connectivity index (χ1v) is 4.37. The summed E-state index contributed by atoms with van der Waals surface area (Å²) in [7, 11) is 2.38. The SMILES string of the molecule is COC(=O)C1C=CC(=O)C1(C)C(=O)OC. The van der Waals surface area contributed by atoms with Gasteiger partial charge in [0.1, 0.15) is 5.41 Å². The number of ketones is 1. The molecule has 0 saturated heterocycles. The molecule has 1 aliphatic carbocycles. The van der Waals surface area contributed by atoms with Crippen LogP contribution in [0.5, 0.6) is 0 Å². The first-order chi connectivity index (χ1) is 6.98. The number of carbonyl (C=O) groups excluding carboxylic acids is 3. The van der Waals surface area contributed by atoms with Crippen LogP contribution in [0.15, 0.2) is 12.2 Å². The Morgan fingerprint density at radius 2 is 1.93 bits per heavy atom. The van der Waals surface area contributed by atoms with Gasteiger partial charge in [-0.2, -0.15) is 0 Å². The Balaban J connectivity index is 3.09. The van der Waals surface area contributed by atoms with E-state index in [-0.39, 0.29) is 0 Å². The molecule has 0 aromatic heterocycles. The average molecular weight is 212 g/mol. The van der Waals surface area contributed by atoms with Crippen molar-refractivity contribution in [3.8, 4) is 0 Å². The largest absolute Gasteiger partial charge is 0.469 e. The second-order valence-electron chi connectivity index (χ2n) is 3.42. The molecule has 0 aromatic carbocycles. The molecule has 0 fully saturated rings. The van der Waals surface area contributed by atoms with Crippen LogP contribution in [0.3, 0.4) is 0 Å². The van der Waals surface area contributed by atoms with E-state index in [0.717, 1.165) is 0 Å². The van der Waals surface area contributed by atoms with Gasteiger partial charge in [0.05, 0.1) is 20.1 Å². The first-order valence-electron chi connectivity index (χ1n) is 4.37. The van der Waals surface area contributed by atoms with E-state index in [1.165, 1.54) is 33.3 Å². The smallest absolute Gasteiger partial charge is 0.320 e. The predicted molar refractivity (Wildman–Crippen MR) is 49.8 cm³/mol. The number of ether oxygens (including phenoxy) is 2. The molecule has 82 valence electrons. The molecule has 5 heteroatoms. The molecular formula is C10H12O5. The van der Waals surface area contributed by atoms with E-state index in [1.807, 2.05) is 0 Å². The molecule has 2 unspecified atom stereocenters. The van der Waals surface area contributed by atoms with E-state index in [4.69, 9.17) is 0 Å². The number of allylic oxidation sites excluding steroid dienone is 1. The predicted octanol–water partition coefficient (Wildman–Crippen LogP) is 0.0938. The van der Waals surface area contributed by atoms with Crippen LogP contribution in [0.2, 0.25) is 0 Å². The summed E-state index contributed by atoms with van der Waals surface area (Å²) in [6.07, 6.45) is 2.57. The summed E-state index contributed by atoms with van der Waals surface area (Å²) in [4.78, 5) is 34.4. The number of hydrogen-bond donors (Lipinski definition) is 0. The van der Waals surface area contributed by atoms with Gasteiger partial charge in [0, 0.05) is 0 Å². The topological polar surface area (TPSA) is 69.7 Å². The van der Waals surface area contributed by atoms with Crippen LogP contribution >= 0.6 is 0 Å². The van der Waals surface area contributed by atoms with Gasteiger partial charge in [0.2, 0.25) is 0 Å². The minimum atomic E-state index is -1.48. The van der Waals surface area contributed by atoms with Crippen LogP contribution < -0.4 is 0 Å². The maximum absolute atomic E-state index is 11.5. The highest BCUT2D eigenvalue weighted by Gasteiger charge is 2.53. The van der Waals surface area contributed by atoms with Crippen molar-refractivity contribution in [3.05, 3.63) is 12.2 Å². The minimum Gasteiger partial charge on any atom is -0.469 e. The average Bonchev–Trinajstić information content (AvgIpc) is 2.55. The van der Waals surface area contributed by atoms with E-state index < -0.39 is 29.1 Å². The molecular weight excluding hydrogens is 200 g/mol. The second kappa shape index (κ2) is 3.84. The molecule has 0 aliphatic heterocycles. The number of hydrogen-bond acceptors (Lipinski definition) is 5. The molecule has 15 heavy (non-hydrogen) atoms. The van der Waals surface area contributed by atoms with Crippen molar-refractivity contribution < 1.29 is 23.9 Å². The fourth-order valence-electron chi connectivity index (χ4n) is 1.58. The number of rotatable bonds is 2. The Morgan fingerprint density at radius 1 is 1.33 bits per heavy atom. The van der Waals surface area contributed by atoms with Crippen molar-refractivity contribution in [3.63, 3.8) is 0 Å². The normalized spacial score (nSPS) is 29.0. The second-order valence-corrected chi connectivity index (χ2v) is 3.42. The zero-order chi connectivity index (χ0) is 11.6. The van der Waals surface area contributed by atoms with Crippen LogP contribution in [-0.4, -0.2) is 31.9 Å². The maximum Gasteiger partial charge on any atom is 0.320 e. The molecule has 0 heterocycles. The summed E-state index contributed by atoms with van der Waals surface area (Å²) in [5.74, 6) is -2.69. The van der Waals surface area contributed by atoms with E-state index in [2.05, 4.69) is 9.47 Å². The number of carbonyl (C=O) groups is 3. The van der Waals surface area contributed by atoms with Gasteiger partial charge >= 0.3 is 11.9 Å². The lowest BCUT2D eigenvalue weighted by atomic mass is 9.78. The quantitative estimate of drug-likeness (QED) is 0.479. The molecule has 1 rings (SSSR count). The lowest BCUT2D eigenvalue weighted by molar-refractivity contribution is -0.164. The van der Waals surface area contributed by atoms with Gasteiger partial charge in [-0.25, -0.2) is 0 Å². The highest BCUT2D eigenvalue weighted by atomic mass is 16.5. The van der Waals surface area contributed by atoms with Gasteiger partial charge in [-0.3, -0.25) is 14.4 Å². The van der Waals surface area contributed by atoms with Crippen molar-refractivity contribution in [1.82, 2.24) is 0 Å². The molecule has 0 bridgehead atoms. The highest BCUT2D eigenvalue weighted by molar-refractivity contribution is 6.14. The highest BCUT2D eigenvalue weighted by Crippen LogP contribution is 2.37. The van der Waals surface area contributed by atoms with Crippen molar-refractivity contribution >= 4 is 17.7 Å². The summed E-state index contributed by atoms with van der Waals surface area (Å²) in [5, 5.41) is 0. The van der Waals surface area contributed by atoms with Gasteiger partial charge in [0.15, 0.2) is 5.78 Å². The minimum absolute atomic E-state index is 0.440. The third-order valence-corrected chi connectivity index (χ3v) is 2.64. The fraction of sp³-hybridized carbons (Fsp3) is 0.500. The van der Waals surface area contributed by atoms with Crippen molar-refractivity contribution in [1.29, 1.82) is 0 Å². The summed E-state index contributed by atoms with van der Waals surface area (Å²) >= 11 is 0. The van der Waals surface area contributed by atoms with Crippen LogP contribution in [0.4, 0.5) is 0 Å². The van der Waals surface area contributed by atoms with Gasteiger partial charge in [-0.05, 0) is 13.0 Å². The summed E-state index contributed by atoms with van der Waals surface area (Å²) in [5.41, 5.74) is -1.48. The Morgan fingerprint density at radius 3 is 2.40 bits per heavy atom. The Bertz CT molecular complexity index is 344. The molecule has 2 atom stereocenters. The van der Waals surface area contributed by atoms with Gasteiger partial charge in [-0.1, -0.05) is 6.08 Å². The fourth-order valence-corrected chi connectivity index (χ4v) is 1.58. The lowest BCUT2D eigenvalue weighted by Gasteiger charge is -2.24. The van der Waals surface area contributed by atoms with Crippen molar-refractivity contribution in [2.75, 3.05) is 14.2 Å². The van der Waals surface area contributed by atoms with E-state index >= 15 is 0 Å². The lowest BCUT2D eigenvalue weighted by Crippen LogP contribution is -2.43. The Kier molecular flexibility index (Phi) is 2.93. The Hall–Kier alpha value is -1.65. The number of esters is 2. The maximum atomic E-state index is 11.5. The van der Waals surface area contributed by atoms with Crippen molar-refractivity contribution in [2.45, 2.75) is 6.92 Å². The summed E-state index contributed by atoms with van der Waals surface area (Å²) in [6.45, 7) is 1.38. The van der Waals surface area contributed by atoms with Gasteiger partial charge < -0.3 is 9.47 Å². The van der Waals surface area contributed by atoms with Crippen LogP contribution in [-0.2, 0) is 23.9 Å². The van der Waals surface area contributed by atoms with E-state index in [1.54, 1.807) is 0 Å². The zero-order valence-electron chi connectivity index (χ0n) is 8.77. The molecule has 0 aromatic rings. The van der Waals surface area contributed by atoms with Crippen molar-refractivity contribution in [2.24, 2.45) is 11.3 Å². The van der Waals surface area contributed by atoms with Gasteiger partial charge in [-0.15, -0.1) is 0 Å².